The average Bonchev–Trinajstić information content (AvgIpc) is 2.41. The average molecular weight is 264 g/mol. The van der Waals surface area contributed by atoms with Gasteiger partial charge in [0.1, 0.15) is 11.4 Å². The van der Waals surface area contributed by atoms with Crippen molar-refractivity contribution in [3.63, 3.8) is 0 Å². The van der Waals surface area contributed by atoms with E-state index in [9.17, 15) is 4.79 Å². The van der Waals surface area contributed by atoms with E-state index in [0.29, 0.717) is 13.1 Å². The van der Waals surface area contributed by atoms with Gasteiger partial charge in [0.25, 0.3) is 5.91 Å². The van der Waals surface area contributed by atoms with Crippen LogP contribution < -0.4 is 15.4 Å². The molecule has 104 valence electrons. The fourth-order valence-corrected chi connectivity index (χ4v) is 2.24. The van der Waals surface area contributed by atoms with Crippen LogP contribution >= 0.6 is 0 Å². The molecule has 5 heteroatoms. The number of amides is 1. The van der Waals surface area contributed by atoms with E-state index in [1.165, 1.54) is 0 Å². The fourth-order valence-electron chi connectivity index (χ4n) is 2.24. The Labute approximate surface area is 113 Å². The van der Waals surface area contributed by atoms with Crippen LogP contribution in [0.25, 0.3) is 0 Å². The predicted molar refractivity (Wildman–Crippen MR) is 73.4 cm³/mol. The van der Waals surface area contributed by atoms with Gasteiger partial charge in [0.2, 0.25) is 0 Å². The van der Waals surface area contributed by atoms with E-state index in [1.54, 1.807) is 25.9 Å². The normalized spacial score (nSPS) is 22.4. The second-order valence-corrected chi connectivity index (χ2v) is 5.10. The van der Waals surface area contributed by atoms with Gasteiger partial charge < -0.3 is 20.1 Å². The van der Waals surface area contributed by atoms with Crippen molar-refractivity contribution < 1.29 is 14.3 Å². The molecule has 1 aromatic rings. The van der Waals surface area contributed by atoms with Crippen LogP contribution in [0.2, 0.25) is 0 Å². The van der Waals surface area contributed by atoms with Crippen LogP contribution in [0, 0.1) is 0 Å². The molecule has 1 aliphatic heterocycles. The van der Waals surface area contributed by atoms with Crippen LogP contribution in [-0.2, 0) is 9.53 Å². The number of morpholine rings is 1. The van der Waals surface area contributed by atoms with E-state index in [0.717, 1.165) is 11.4 Å². The first kappa shape index (κ1) is 13.8. The van der Waals surface area contributed by atoms with E-state index in [1.807, 2.05) is 24.3 Å². The maximum Gasteiger partial charge on any atom is 0.258 e. The molecule has 1 fully saturated rings. The van der Waals surface area contributed by atoms with Gasteiger partial charge in [-0.05, 0) is 26.0 Å². The highest BCUT2D eigenvalue weighted by Crippen LogP contribution is 2.29. The Hall–Kier alpha value is -1.59. The molecule has 0 spiro atoms. The molecule has 0 saturated carbocycles. The van der Waals surface area contributed by atoms with Gasteiger partial charge in [-0.25, -0.2) is 0 Å². The van der Waals surface area contributed by atoms with E-state index < -0.39 is 5.60 Å². The molecule has 1 unspecified atom stereocenters. The first-order valence-electron chi connectivity index (χ1n) is 6.32. The van der Waals surface area contributed by atoms with Gasteiger partial charge in [-0.2, -0.15) is 0 Å². The lowest BCUT2D eigenvalue weighted by Gasteiger charge is -2.41. The minimum atomic E-state index is -0.856. The van der Waals surface area contributed by atoms with Gasteiger partial charge in [-0.3, -0.25) is 4.79 Å². The van der Waals surface area contributed by atoms with Gasteiger partial charge >= 0.3 is 0 Å². The zero-order chi connectivity index (χ0) is 14.0. The standard InChI is InChI=1S/C14H20N2O3/c1-14(2)13(17)16(9-12(8-15)19-14)10-5-4-6-11(7-10)18-3/h4-7,12H,8-9,15H2,1-3H3. The number of nitrogens with two attached hydrogens (primary N) is 1. The van der Waals surface area contributed by atoms with E-state index in [4.69, 9.17) is 15.2 Å². The molecule has 0 radical (unpaired) electrons. The number of carbonyl (C=O) groups excluding carboxylic acids is 1. The largest absolute Gasteiger partial charge is 0.497 e. The minimum Gasteiger partial charge on any atom is -0.497 e. The molecule has 5 nitrogen and oxygen atoms in total. The number of methoxy groups -OCH3 is 1. The zero-order valence-corrected chi connectivity index (χ0v) is 11.6. The lowest BCUT2D eigenvalue weighted by atomic mass is 10.0. The molecule has 2 N–H and O–H groups in total. The Bertz CT molecular complexity index is 474. The molecule has 19 heavy (non-hydrogen) atoms. The van der Waals surface area contributed by atoms with E-state index >= 15 is 0 Å². The van der Waals surface area contributed by atoms with Gasteiger partial charge in [0, 0.05) is 18.3 Å². The number of ether oxygens (including phenoxy) is 2. The van der Waals surface area contributed by atoms with Crippen molar-refractivity contribution in [2.75, 3.05) is 25.1 Å². The van der Waals surface area contributed by atoms with Crippen LogP contribution in [0.1, 0.15) is 13.8 Å². The maximum atomic E-state index is 12.4. The Morgan fingerprint density at radius 2 is 2.26 bits per heavy atom. The van der Waals surface area contributed by atoms with Crippen LogP contribution in [-0.4, -0.2) is 37.8 Å². The molecule has 1 aromatic carbocycles. The third-order valence-electron chi connectivity index (χ3n) is 3.24. The third-order valence-corrected chi connectivity index (χ3v) is 3.24. The first-order valence-corrected chi connectivity index (χ1v) is 6.32. The smallest absolute Gasteiger partial charge is 0.258 e. The Morgan fingerprint density at radius 3 is 2.89 bits per heavy atom. The summed E-state index contributed by atoms with van der Waals surface area (Å²) in [6, 6.07) is 7.43. The second-order valence-electron chi connectivity index (χ2n) is 5.10. The molecular formula is C14H20N2O3. The molecule has 2 rings (SSSR count). The zero-order valence-electron chi connectivity index (χ0n) is 11.6. The summed E-state index contributed by atoms with van der Waals surface area (Å²) in [6.07, 6.45) is -0.154. The van der Waals surface area contributed by atoms with Gasteiger partial charge in [0.05, 0.1) is 19.8 Å². The molecule has 1 heterocycles. The summed E-state index contributed by atoms with van der Waals surface area (Å²) in [6.45, 7) is 4.39. The number of hydrogen-bond acceptors (Lipinski definition) is 4. The van der Waals surface area contributed by atoms with Gasteiger partial charge in [0.15, 0.2) is 0 Å². The van der Waals surface area contributed by atoms with Crippen molar-refractivity contribution in [2.45, 2.75) is 25.6 Å². The van der Waals surface area contributed by atoms with Crippen molar-refractivity contribution in [2.24, 2.45) is 5.73 Å². The molecule has 0 bridgehead atoms. The second kappa shape index (κ2) is 5.19. The minimum absolute atomic E-state index is 0.0644. The summed E-state index contributed by atoms with van der Waals surface area (Å²) in [4.78, 5) is 14.1. The first-order chi connectivity index (χ1) is 8.97. The number of rotatable bonds is 3. The van der Waals surface area contributed by atoms with Gasteiger partial charge in [-0.15, -0.1) is 0 Å². The number of hydrogen-bond donors (Lipinski definition) is 1. The number of anilines is 1. The Kier molecular flexibility index (Phi) is 3.78. The van der Waals surface area contributed by atoms with Crippen LogP contribution in [0.5, 0.6) is 5.75 Å². The topological polar surface area (TPSA) is 64.8 Å². The lowest BCUT2D eigenvalue weighted by molar-refractivity contribution is -0.153. The highest BCUT2D eigenvalue weighted by Gasteiger charge is 2.41. The molecule has 1 amide bonds. The van der Waals surface area contributed by atoms with Crippen LogP contribution in [0.15, 0.2) is 24.3 Å². The van der Waals surface area contributed by atoms with Crippen molar-refractivity contribution >= 4 is 11.6 Å². The highest BCUT2D eigenvalue weighted by atomic mass is 16.5. The summed E-state index contributed by atoms with van der Waals surface area (Å²) < 4.78 is 10.9. The molecule has 1 saturated heterocycles. The van der Waals surface area contributed by atoms with Crippen molar-refractivity contribution in [1.29, 1.82) is 0 Å². The summed E-state index contributed by atoms with van der Waals surface area (Å²) in [5.41, 5.74) is 5.63. The van der Waals surface area contributed by atoms with E-state index in [2.05, 4.69) is 0 Å². The van der Waals surface area contributed by atoms with Crippen molar-refractivity contribution in [3.05, 3.63) is 24.3 Å². The number of carbonyl (C=O) groups is 1. The fraction of sp³-hybridized carbons (Fsp3) is 0.500. The maximum absolute atomic E-state index is 12.4. The molecule has 0 aliphatic carbocycles. The molecule has 0 aromatic heterocycles. The summed E-state index contributed by atoms with van der Waals surface area (Å²) in [7, 11) is 1.60. The molecular weight excluding hydrogens is 244 g/mol. The van der Waals surface area contributed by atoms with Crippen molar-refractivity contribution in [1.82, 2.24) is 0 Å². The Balaban J connectivity index is 2.33. The number of nitrogens with zero attached hydrogens (tertiary/aromatic N) is 1. The molecule has 1 aliphatic rings. The van der Waals surface area contributed by atoms with Crippen LogP contribution in [0.3, 0.4) is 0 Å². The highest BCUT2D eigenvalue weighted by molar-refractivity contribution is 5.99. The predicted octanol–water partition coefficient (Wildman–Crippen LogP) is 1.16. The van der Waals surface area contributed by atoms with Crippen LogP contribution in [0.4, 0.5) is 5.69 Å². The quantitative estimate of drug-likeness (QED) is 0.890. The molecule has 1 atom stereocenters. The third kappa shape index (κ3) is 2.72. The summed E-state index contributed by atoms with van der Waals surface area (Å²) in [5, 5.41) is 0. The van der Waals surface area contributed by atoms with E-state index in [-0.39, 0.29) is 12.0 Å². The monoisotopic (exact) mass is 264 g/mol. The lowest BCUT2D eigenvalue weighted by Crippen LogP contribution is -2.59. The Morgan fingerprint density at radius 1 is 1.53 bits per heavy atom. The summed E-state index contributed by atoms with van der Waals surface area (Å²) >= 11 is 0. The van der Waals surface area contributed by atoms with Gasteiger partial charge in [-0.1, -0.05) is 6.07 Å². The number of benzene rings is 1. The SMILES string of the molecule is COc1cccc(N2CC(CN)OC(C)(C)C2=O)c1. The summed E-state index contributed by atoms with van der Waals surface area (Å²) in [5.74, 6) is 0.657. The van der Waals surface area contributed by atoms with Crippen molar-refractivity contribution in [3.8, 4) is 5.75 Å².